The fourth-order valence-corrected chi connectivity index (χ4v) is 1.64. The number of benzene rings is 2. The lowest BCUT2D eigenvalue weighted by atomic mass is 10.1. The average molecular weight is 259 g/mol. The molecular formula is C14H11F2N3. The van der Waals surface area contributed by atoms with Crippen molar-refractivity contribution in [3.05, 3.63) is 53.1 Å². The van der Waals surface area contributed by atoms with Gasteiger partial charge < -0.3 is 11.1 Å². The van der Waals surface area contributed by atoms with Crippen LogP contribution >= 0.6 is 0 Å². The number of nitrogens with two attached hydrogens (primary N) is 1. The quantitative estimate of drug-likeness (QED) is 0.812. The van der Waals surface area contributed by atoms with Gasteiger partial charge in [-0.05, 0) is 36.8 Å². The second-order valence-electron chi connectivity index (χ2n) is 4.09. The van der Waals surface area contributed by atoms with Gasteiger partial charge in [-0.3, -0.25) is 0 Å². The van der Waals surface area contributed by atoms with E-state index in [1.165, 1.54) is 37.3 Å². The summed E-state index contributed by atoms with van der Waals surface area (Å²) in [6.07, 6.45) is 0. The molecule has 0 aliphatic heterocycles. The van der Waals surface area contributed by atoms with Gasteiger partial charge in [0.2, 0.25) is 0 Å². The number of anilines is 3. The molecule has 0 aromatic heterocycles. The van der Waals surface area contributed by atoms with Gasteiger partial charge in [0.05, 0.1) is 23.0 Å². The van der Waals surface area contributed by atoms with Crippen LogP contribution in [0.1, 0.15) is 11.1 Å². The van der Waals surface area contributed by atoms with Gasteiger partial charge in [-0.2, -0.15) is 5.26 Å². The zero-order valence-corrected chi connectivity index (χ0v) is 10.2. The average Bonchev–Trinajstić information content (AvgIpc) is 2.41. The van der Waals surface area contributed by atoms with Crippen LogP contribution in [0.3, 0.4) is 0 Å². The summed E-state index contributed by atoms with van der Waals surface area (Å²) in [5.41, 5.74) is 6.71. The summed E-state index contributed by atoms with van der Waals surface area (Å²) in [5, 5.41) is 11.4. The summed E-state index contributed by atoms with van der Waals surface area (Å²) >= 11 is 0. The number of halogens is 2. The Hall–Kier alpha value is -2.61. The van der Waals surface area contributed by atoms with E-state index in [-0.39, 0.29) is 5.69 Å². The summed E-state index contributed by atoms with van der Waals surface area (Å²) in [6, 6.07) is 8.94. The van der Waals surface area contributed by atoms with Crippen molar-refractivity contribution in [2.75, 3.05) is 11.1 Å². The van der Waals surface area contributed by atoms with Crippen LogP contribution in [-0.2, 0) is 0 Å². The molecule has 0 saturated heterocycles. The Morgan fingerprint density at radius 2 is 1.95 bits per heavy atom. The molecule has 2 aromatic rings. The first-order valence-corrected chi connectivity index (χ1v) is 5.54. The normalized spacial score (nSPS) is 10.0. The number of hydrogen-bond donors (Lipinski definition) is 2. The van der Waals surface area contributed by atoms with E-state index in [1.807, 2.05) is 6.07 Å². The zero-order valence-electron chi connectivity index (χ0n) is 10.2. The van der Waals surface area contributed by atoms with E-state index in [9.17, 15) is 8.78 Å². The second-order valence-corrected chi connectivity index (χ2v) is 4.09. The number of hydrogen-bond acceptors (Lipinski definition) is 3. The number of rotatable bonds is 2. The van der Waals surface area contributed by atoms with E-state index >= 15 is 0 Å². The maximum Gasteiger partial charge on any atom is 0.152 e. The molecule has 0 unspecified atom stereocenters. The monoisotopic (exact) mass is 259 g/mol. The predicted octanol–water partition coefficient (Wildman–Crippen LogP) is 3.47. The number of aryl methyl sites for hydroxylation is 1. The van der Waals surface area contributed by atoms with Crippen molar-refractivity contribution in [2.24, 2.45) is 0 Å². The molecule has 0 radical (unpaired) electrons. The molecule has 0 heterocycles. The van der Waals surface area contributed by atoms with Gasteiger partial charge in [-0.25, -0.2) is 8.78 Å². The van der Waals surface area contributed by atoms with E-state index < -0.39 is 11.6 Å². The highest BCUT2D eigenvalue weighted by Crippen LogP contribution is 2.29. The van der Waals surface area contributed by atoms with Crippen LogP contribution in [0, 0.1) is 29.9 Å². The molecule has 3 nitrogen and oxygen atoms in total. The smallest absolute Gasteiger partial charge is 0.152 e. The molecule has 0 saturated carbocycles. The van der Waals surface area contributed by atoms with Crippen LogP contribution in [0.5, 0.6) is 0 Å². The van der Waals surface area contributed by atoms with E-state index in [0.29, 0.717) is 22.5 Å². The first-order chi connectivity index (χ1) is 9.02. The molecule has 96 valence electrons. The van der Waals surface area contributed by atoms with Gasteiger partial charge in [0.15, 0.2) is 5.82 Å². The molecule has 19 heavy (non-hydrogen) atoms. The lowest BCUT2D eigenvalue weighted by Crippen LogP contribution is -2.02. The highest BCUT2D eigenvalue weighted by Gasteiger charge is 2.13. The van der Waals surface area contributed by atoms with Crippen molar-refractivity contribution in [3.63, 3.8) is 0 Å². The maximum absolute atomic E-state index is 13.9. The number of nitrogens with one attached hydrogen (secondary N) is 1. The minimum Gasteiger partial charge on any atom is -0.397 e. The number of nitriles is 1. The molecule has 3 N–H and O–H groups in total. The maximum atomic E-state index is 13.9. The van der Waals surface area contributed by atoms with Crippen LogP contribution in [0.2, 0.25) is 0 Å². The topological polar surface area (TPSA) is 61.8 Å². The van der Waals surface area contributed by atoms with E-state index in [4.69, 9.17) is 11.0 Å². The summed E-state index contributed by atoms with van der Waals surface area (Å²) in [6.45, 7) is 1.54. The minimum absolute atomic E-state index is 0.276. The van der Waals surface area contributed by atoms with E-state index in [1.54, 1.807) is 0 Å². The first-order valence-electron chi connectivity index (χ1n) is 5.54. The largest absolute Gasteiger partial charge is 0.397 e. The van der Waals surface area contributed by atoms with Gasteiger partial charge in [-0.15, -0.1) is 0 Å². The van der Waals surface area contributed by atoms with Crippen molar-refractivity contribution in [1.82, 2.24) is 0 Å². The number of nitrogens with zero attached hydrogens (tertiary/aromatic N) is 1. The Morgan fingerprint density at radius 1 is 1.21 bits per heavy atom. The van der Waals surface area contributed by atoms with Crippen molar-refractivity contribution in [1.29, 1.82) is 5.26 Å². The van der Waals surface area contributed by atoms with Crippen LogP contribution < -0.4 is 11.1 Å². The molecule has 0 aliphatic rings. The molecule has 0 bridgehead atoms. The van der Waals surface area contributed by atoms with Crippen molar-refractivity contribution < 1.29 is 8.78 Å². The molecular weight excluding hydrogens is 248 g/mol. The SMILES string of the molecule is Cc1ccc(F)c(Nc2cc(C#N)ccc2N)c1F. The summed E-state index contributed by atoms with van der Waals surface area (Å²) in [4.78, 5) is 0. The molecule has 0 atom stereocenters. The molecule has 0 amide bonds. The first kappa shape index (κ1) is 12.8. The third-order valence-electron chi connectivity index (χ3n) is 2.73. The number of nitrogen functional groups attached to an aromatic ring is 1. The Bertz CT molecular complexity index is 675. The van der Waals surface area contributed by atoms with Crippen molar-refractivity contribution in [2.45, 2.75) is 6.92 Å². The van der Waals surface area contributed by atoms with Crippen LogP contribution in [-0.4, -0.2) is 0 Å². The molecule has 5 heteroatoms. The fourth-order valence-electron chi connectivity index (χ4n) is 1.64. The third kappa shape index (κ3) is 2.47. The highest BCUT2D eigenvalue weighted by molar-refractivity contribution is 5.74. The standard InChI is InChI=1S/C14H11F2N3/c1-8-2-4-10(15)14(13(8)16)19-12-6-9(7-17)3-5-11(12)18/h2-6,19H,18H2,1H3. The highest BCUT2D eigenvalue weighted by atomic mass is 19.1. The predicted molar refractivity (Wildman–Crippen MR) is 69.9 cm³/mol. The Labute approximate surface area is 109 Å². The lowest BCUT2D eigenvalue weighted by Gasteiger charge is -2.12. The lowest BCUT2D eigenvalue weighted by molar-refractivity contribution is 0.585. The summed E-state index contributed by atoms with van der Waals surface area (Å²) < 4.78 is 27.5. The second kappa shape index (κ2) is 4.94. The van der Waals surface area contributed by atoms with E-state index in [0.717, 1.165) is 0 Å². The van der Waals surface area contributed by atoms with Gasteiger partial charge in [0.1, 0.15) is 11.5 Å². The third-order valence-corrected chi connectivity index (χ3v) is 2.73. The van der Waals surface area contributed by atoms with Gasteiger partial charge >= 0.3 is 0 Å². The Kier molecular flexibility index (Phi) is 3.34. The molecule has 2 rings (SSSR count). The van der Waals surface area contributed by atoms with Gasteiger partial charge in [-0.1, -0.05) is 6.07 Å². The molecule has 0 fully saturated rings. The van der Waals surface area contributed by atoms with Crippen LogP contribution in [0.25, 0.3) is 0 Å². The molecule has 0 spiro atoms. The summed E-state index contributed by atoms with van der Waals surface area (Å²) in [5.74, 6) is -1.40. The van der Waals surface area contributed by atoms with Crippen LogP contribution in [0.4, 0.5) is 25.8 Å². The minimum atomic E-state index is -0.718. The zero-order chi connectivity index (χ0) is 14.0. The van der Waals surface area contributed by atoms with Crippen molar-refractivity contribution >= 4 is 17.1 Å². The fraction of sp³-hybridized carbons (Fsp3) is 0.0714. The van der Waals surface area contributed by atoms with Gasteiger partial charge in [0, 0.05) is 0 Å². The summed E-state index contributed by atoms with van der Waals surface area (Å²) in [7, 11) is 0. The molecule has 2 aromatic carbocycles. The van der Waals surface area contributed by atoms with Gasteiger partial charge in [0.25, 0.3) is 0 Å². The molecule has 0 aliphatic carbocycles. The van der Waals surface area contributed by atoms with Crippen LogP contribution in [0.15, 0.2) is 30.3 Å². The Balaban J connectivity index is 2.48. The Morgan fingerprint density at radius 3 is 2.63 bits per heavy atom. The van der Waals surface area contributed by atoms with Crippen molar-refractivity contribution in [3.8, 4) is 6.07 Å². The van der Waals surface area contributed by atoms with E-state index in [2.05, 4.69) is 5.32 Å².